The number of nitrogens with one attached hydrogen (secondary N) is 1. The van der Waals surface area contributed by atoms with Gasteiger partial charge in [0.15, 0.2) is 0 Å². The van der Waals surface area contributed by atoms with Gasteiger partial charge in [-0.1, -0.05) is 0 Å². The highest BCUT2D eigenvalue weighted by Gasteiger charge is 2.44. The maximum Gasteiger partial charge on any atom is 0.329 e. The van der Waals surface area contributed by atoms with Crippen LogP contribution in [-0.4, -0.2) is 45.1 Å². The zero-order valence-corrected chi connectivity index (χ0v) is 15.7. The Morgan fingerprint density at radius 1 is 1.14 bits per heavy atom. The highest BCUT2D eigenvalue weighted by atomic mass is 19.1. The predicted octanol–water partition coefficient (Wildman–Crippen LogP) is 1.04. The number of benzene rings is 1. The maximum atomic E-state index is 15.1. The van der Waals surface area contributed by atoms with Crippen LogP contribution < -0.4 is 16.1 Å². The van der Waals surface area contributed by atoms with E-state index < -0.39 is 29.3 Å². The fourth-order valence-electron chi connectivity index (χ4n) is 5.25. The van der Waals surface area contributed by atoms with Crippen LogP contribution in [0.25, 0.3) is 10.9 Å². The van der Waals surface area contributed by atoms with Crippen molar-refractivity contribution in [2.24, 2.45) is 11.8 Å². The van der Waals surface area contributed by atoms with E-state index in [1.807, 2.05) is 4.90 Å². The quantitative estimate of drug-likeness (QED) is 0.713. The number of anilines is 1. The van der Waals surface area contributed by atoms with E-state index >= 15 is 4.39 Å². The molecule has 0 spiro atoms. The summed E-state index contributed by atoms with van der Waals surface area (Å²) in [5.41, 5.74) is 0.457. The van der Waals surface area contributed by atoms with Crippen molar-refractivity contribution in [2.75, 3.05) is 18.0 Å². The largest absolute Gasteiger partial charge is 0.390 e. The van der Waals surface area contributed by atoms with Gasteiger partial charge in [0, 0.05) is 30.6 Å². The smallest absolute Gasteiger partial charge is 0.329 e. The van der Waals surface area contributed by atoms with Crippen molar-refractivity contribution in [1.29, 1.82) is 0 Å². The van der Waals surface area contributed by atoms with Gasteiger partial charge in [0.25, 0.3) is 5.56 Å². The number of aromatic amines is 1. The number of aromatic nitrogens is 2. The van der Waals surface area contributed by atoms with Crippen molar-refractivity contribution in [2.45, 2.75) is 50.9 Å². The third-order valence-corrected chi connectivity index (χ3v) is 6.77. The summed E-state index contributed by atoms with van der Waals surface area (Å²) in [6.45, 7) is 2.79. The Kier molecular flexibility index (Phi) is 3.93. The summed E-state index contributed by atoms with van der Waals surface area (Å²) in [5.74, 6) is -0.411. The molecule has 2 aromatic rings. The van der Waals surface area contributed by atoms with Gasteiger partial charge in [-0.05, 0) is 44.6 Å². The Bertz CT molecular complexity index is 1070. The number of aliphatic hydroxyl groups is 2. The average Bonchev–Trinajstić information content (AvgIpc) is 3.38. The first-order chi connectivity index (χ1) is 13.4. The Balaban J connectivity index is 1.66. The van der Waals surface area contributed by atoms with E-state index in [1.54, 1.807) is 11.5 Å². The van der Waals surface area contributed by atoms with Crippen LogP contribution >= 0.6 is 0 Å². The van der Waals surface area contributed by atoms with Crippen LogP contribution in [0.15, 0.2) is 15.7 Å². The highest BCUT2D eigenvalue weighted by molar-refractivity contribution is 5.87. The van der Waals surface area contributed by atoms with Gasteiger partial charge >= 0.3 is 5.69 Å². The number of fused-ring (bicyclic) bond motifs is 2. The molecule has 1 aromatic heterocycles. The monoisotopic (exact) mass is 389 g/mol. The van der Waals surface area contributed by atoms with Crippen molar-refractivity contribution in [3.8, 4) is 0 Å². The van der Waals surface area contributed by atoms with Gasteiger partial charge in [0.2, 0.25) is 0 Å². The van der Waals surface area contributed by atoms with Crippen LogP contribution in [0.4, 0.5) is 10.1 Å². The Morgan fingerprint density at radius 2 is 1.89 bits per heavy atom. The number of aryl methyl sites for hydroxylation is 1. The minimum Gasteiger partial charge on any atom is -0.390 e. The second-order valence-corrected chi connectivity index (χ2v) is 8.55. The van der Waals surface area contributed by atoms with Crippen molar-refractivity contribution in [1.82, 2.24) is 9.55 Å². The minimum absolute atomic E-state index is 0.0435. The summed E-state index contributed by atoms with van der Waals surface area (Å²) in [4.78, 5) is 28.9. The van der Waals surface area contributed by atoms with Gasteiger partial charge in [-0.2, -0.15) is 0 Å². The lowest BCUT2D eigenvalue weighted by molar-refractivity contribution is -0.0532. The summed E-state index contributed by atoms with van der Waals surface area (Å²) in [7, 11) is 0. The molecule has 5 rings (SSSR count). The molecule has 0 bridgehead atoms. The third-order valence-electron chi connectivity index (χ3n) is 6.77. The Labute approximate surface area is 160 Å². The van der Waals surface area contributed by atoms with Gasteiger partial charge < -0.3 is 15.1 Å². The summed E-state index contributed by atoms with van der Waals surface area (Å²) < 4.78 is 16.7. The molecule has 4 atom stereocenters. The molecule has 2 heterocycles. The van der Waals surface area contributed by atoms with Crippen molar-refractivity contribution in [3.05, 3.63) is 38.3 Å². The standard InChI is InChI=1S/C20H24FN3O4/c1-9-16-12(19(27)22-20(28)24(16)11-3-4-11)6-14(21)17(9)23-7-10-2-5-15(25)18(26)13(10)8-23/h6,10-11,13,15,18,25-26H,2-5,7-8H2,1H3,(H,22,27,28). The lowest BCUT2D eigenvalue weighted by atomic mass is 9.78. The highest BCUT2D eigenvalue weighted by Crippen LogP contribution is 2.42. The fraction of sp³-hybridized carbons (Fsp3) is 0.600. The van der Waals surface area contributed by atoms with Crippen LogP contribution in [0.3, 0.4) is 0 Å². The normalized spacial score (nSPS) is 30.1. The van der Waals surface area contributed by atoms with Crippen LogP contribution in [0.1, 0.15) is 37.3 Å². The lowest BCUT2D eigenvalue weighted by Gasteiger charge is -2.32. The molecule has 0 radical (unpaired) electrons. The molecule has 2 saturated carbocycles. The number of hydrogen-bond acceptors (Lipinski definition) is 5. The van der Waals surface area contributed by atoms with Crippen molar-refractivity contribution < 1.29 is 14.6 Å². The van der Waals surface area contributed by atoms with Gasteiger partial charge in [-0.15, -0.1) is 0 Å². The van der Waals surface area contributed by atoms with E-state index in [0.717, 1.165) is 19.3 Å². The number of nitrogens with zero attached hydrogens (tertiary/aromatic N) is 2. The Morgan fingerprint density at radius 3 is 2.61 bits per heavy atom. The van der Waals surface area contributed by atoms with Gasteiger partial charge in [-0.3, -0.25) is 14.3 Å². The maximum absolute atomic E-state index is 15.1. The summed E-state index contributed by atoms with van der Waals surface area (Å²) in [5, 5.41) is 20.5. The minimum atomic E-state index is -0.805. The number of hydrogen-bond donors (Lipinski definition) is 3. The third kappa shape index (κ3) is 2.54. The topological polar surface area (TPSA) is 98.6 Å². The zero-order valence-electron chi connectivity index (χ0n) is 15.7. The van der Waals surface area contributed by atoms with Gasteiger partial charge in [-0.25, -0.2) is 9.18 Å². The van der Waals surface area contributed by atoms with Gasteiger partial charge in [0.1, 0.15) is 5.82 Å². The summed E-state index contributed by atoms with van der Waals surface area (Å²) in [6, 6.07) is 1.27. The van der Waals surface area contributed by atoms with Gasteiger partial charge in [0.05, 0.1) is 28.8 Å². The number of aliphatic hydroxyl groups excluding tert-OH is 2. The molecule has 1 aliphatic heterocycles. The second-order valence-electron chi connectivity index (χ2n) is 8.55. The molecule has 4 unspecified atom stereocenters. The number of halogens is 1. The van der Waals surface area contributed by atoms with E-state index in [0.29, 0.717) is 36.3 Å². The van der Waals surface area contributed by atoms with Crippen molar-refractivity contribution in [3.63, 3.8) is 0 Å². The number of H-pyrrole nitrogens is 1. The molecule has 8 heteroatoms. The van der Waals surface area contributed by atoms with Crippen LogP contribution in [0, 0.1) is 24.6 Å². The molecular weight excluding hydrogens is 365 g/mol. The molecule has 2 aliphatic carbocycles. The molecule has 3 N–H and O–H groups in total. The van der Waals surface area contributed by atoms with Crippen molar-refractivity contribution >= 4 is 16.6 Å². The van der Waals surface area contributed by atoms with E-state index in [1.165, 1.54) is 6.07 Å². The second kappa shape index (κ2) is 6.15. The summed E-state index contributed by atoms with van der Waals surface area (Å²) >= 11 is 0. The van der Waals surface area contributed by atoms with E-state index in [-0.39, 0.29) is 23.3 Å². The average molecular weight is 389 g/mol. The molecule has 3 aliphatic rings. The molecule has 1 saturated heterocycles. The molecule has 150 valence electrons. The molecule has 7 nitrogen and oxygen atoms in total. The molecule has 1 aromatic carbocycles. The lowest BCUT2D eigenvalue weighted by Crippen LogP contribution is -2.42. The first-order valence-electron chi connectivity index (χ1n) is 9.95. The zero-order chi connectivity index (χ0) is 19.7. The van der Waals surface area contributed by atoms with E-state index in [9.17, 15) is 19.8 Å². The van der Waals surface area contributed by atoms with E-state index in [4.69, 9.17) is 0 Å². The Hall–Kier alpha value is -2.19. The first kappa shape index (κ1) is 17.9. The molecule has 3 fully saturated rings. The van der Waals surface area contributed by atoms with Crippen LogP contribution in [0.2, 0.25) is 0 Å². The van der Waals surface area contributed by atoms with Crippen LogP contribution in [-0.2, 0) is 0 Å². The molecular formula is C20H24FN3O4. The first-order valence-corrected chi connectivity index (χ1v) is 9.95. The fourth-order valence-corrected chi connectivity index (χ4v) is 5.25. The van der Waals surface area contributed by atoms with E-state index in [2.05, 4.69) is 4.98 Å². The summed E-state index contributed by atoms with van der Waals surface area (Å²) in [6.07, 6.45) is 1.53. The number of rotatable bonds is 2. The SMILES string of the molecule is Cc1c(N2CC3CCC(O)C(O)C3C2)c(F)cc2c(=O)[nH]c(=O)n(C3CC3)c12. The van der Waals surface area contributed by atoms with Crippen LogP contribution in [0.5, 0.6) is 0 Å². The predicted molar refractivity (Wildman–Crippen MR) is 102 cm³/mol. The molecule has 0 amide bonds. The molecule has 28 heavy (non-hydrogen) atoms.